The lowest BCUT2D eigenvalue weighted by molar-refractivity contribution is -0.143. The second-order valence-electron chi connectivity index (χ2n) is 6.76. The first-order valence-corrected chi connectivity index (χ1v) is 7.95. The van der Waals surface area contributed by atoms with Gasteiger partial charge in [0.2, 0.25) is 0 Å². The van der Waals surface area contributed by atoms with E-state index in [4.69, 9.17) is 4.74 Å². The van der Waals surface area contributed by atoms with Gasteiger partial charge in [-0.15, -0.1) is 0 Å². The molecule has 4 fully saturated rings. The zero-order valence-corrected chi connectivity index (χ0v) is 12.7. The molecular formula is C15H19N3O5. The van der Waals surface area contributed by atoms with E-state index >= 15 is 0 Å². The molecule has 2 amide bonds. The Morgan fingerprint density at radius 1 is 1.43 bits per heavy atom. The Morgan fingerprint density at radius 3 is 2.91 bits per heavy atom. The second kappa shape index (κ2) is 5.23. The van der Waals surface area contributed by atoms with Crippen LogP contribution in [0.1, 0.15) is 29.8 Å². The van der Waals surface area contributed by atoms with Crippen LogP contribution in [-0.2, 0) is 9.53 Å². The molecule has 124 valence electrons. The maximum absolute atomic E-state index is 12.2. The van der Waals surface area contributed by atoms with E-state index in [1.165, 1.54) is 0 Å². The van der Waals surface area contributed by atoms with E-state index in [1.54, 1.807) is 4.90 Å². The van der Waals surface area contributed by atoms with E-state index in [2.05, 4.69) is 14.7 Å². The third-order valence-electron chi connectivity index (χ3n) is 5.12. The van der Waals surface area contributed by atoms with E-state index in [-0.39, 0.29) is 23.4 Å². The van der Waals surface area contributed by atoms with Crippen LogP contribution in [0.4, 0.5) is 0 Å². The number of nitrogens with one attached hydrogen (secondary N) is 2. The molecule has 1 aromatic heterocycles. The van der Waals surface area contributed by atoms with Crippen LogP contribution in [0.15, 0.2) is 15.5 Å². The number of likely N-dealkylation sites (tertiary alicyclic amines) is 1. The van der Waals surface area contributed by atoms with Gasteiger partial charge in [0.1, 0.15) is 17.6 Å². The van der Waals surface area contributed by atoms with Crippen molar-refractivity contribution in [2.75, 3.05) is 26.2 Å². The smallest absolute Gasteiger partial charge is 0.416 e. The second-order valence-corrected chi connectivity index (χ2v) is 6.76. The van der Waals surface area contributed by atoms with Gasteiger partial charge in [-0.05, 0) is 31.1 Å². The van der Waals surface area contributed by atoms with Crippen molar-refractivity contribution in [3.05, 3.63) is 22.5 Å². The summed E-state index contributed by atoms with van der Waals surface area (Å²) in [6, 6.07) is 0. The van der Waals surface area contributed by atoms with Gasteiger partial charge in [0.05, 0.1) is 6.61 Å². The molecule has 1 aromatic rings. The third kappa shape index (κ3) is 2.46. The first kappa shape index (κ1) is 14.5. The summed E-state index contributed by atoms with van der Waals surface area (Å²) in [5, 5.41) is 2.97. The molecule has 0 spiro atoms. The number of hydrogen-bond donors (Lipinski definition) is 2. The van der Waals surface area contributed by atoms with Crippen LogP contribution in [0.25, 0.3) is 0 Å². The van der Waals surface area contributed by atoms with E-state index in [9.17, 15) is 14.4 Å². The normalized spacial score (nSPS) is 31.9. The molecular weight excluding hydrogens is 302 g/mol. The summed E-state index contributed by atoms with van der Waals surface area (Å²) in [6.07, 6.45) is 3.64. The molecule has 23 heavy (non-hydrogen) atoms. The largest absolute Gasteiger partial charge is 0.416 e. The Balaban J connectivity index is 1.28. The van der Waals surface area contributed by atoms with Crippen molar-refractivity contribution in [3.8, 4) is 0 Å². The van der Waals surface area contributed by atoms with E-state index in [0.717, 1.165) is 25.5 Å². The summed E-state index contributed by atoms with van der Waals surface area (Å²) < 4.78 is 10.2. The number of carbonyl (C=O) groups excluding carboxylic acids is 2. The molecule has 0 unspecified atom stereocenters. The number of hydrogen-bond acceptors (Lipinski definition) is 5. The van der Waals surface area contributed by atoms with Crippen LogP contribution < -0.4 is 11.1 Å². The van der Waals surface area contributed by atoms with Crippen LogP contribution in [0, 0.1) is 11.8 Å². The number of fused-ring (bicyclic) bond motifs is 1. The van der Waals surface area contributed by atoms with Gasteiger partial charge < -0.3 is 19.4 Å². The van der Waals surface area contributed by atoms with Crippen LogP contribution in [-0.4, -0.2) is 53.5 Å². The highest BCUT2D eigenvalue weighted by Gasteiger charge is 2.57. The Morgan fingerprint density at radius 2 is 2.26 bits per heavy atom. The Bertz CT molecular complexity index is 682. The van der Waals surface area contributed by atoms with Crippen LogP contribution in [0.3, 0.4) is 0 Å². The summed E-state index contributed by atoms with van der Waals surface area (Å²) in [5.74, 6) is -0.127. The molecule has 8 heteroatoms. The molecule has 1 saturated carbocycles. The summed E-state index contributed by atoms with van der Waals surface area (Å²) in [5.41, 5.74) is -0.409. The molecule has 2 N–H and O–H groups in total. The van der Waals surface area contributed by atoms with Crippen LogP contribution >= 0.6 is 0 Å². The van der Waals surface area contributed by atoms with Crippen molar-refractivity contribution in [1.82, 2.24) is 15.2 Å². The number of oxazole rings is 1. The molecule has 4 aliphatic rings. The summed E-state index contributed by atoms with van der Waals surface area (Å²) in [7, 11) is 0. The van der Waals surface area contributed by atoms with Crippen molar-refractivity contribution < 1.29 is 18.7 Å². The molecule has 3 aliphatic heterocycles. The van der Waals surface area contributed by atoms with Gasteiger partial charge in [-0.2, -0.15) is 0 Å². The highest BCUT2D eigenvalue weighted by molar-refractivity contribution is 5.92. The van der Waals surface area contributed by atoms with Gasteiger partial charge in [-0.1, -0.05) is 0 Å². The number of ether oxygens (including phenoxy) is 1. The number of rotatable bonds is 4. The number of nitrogens with zero attached hydrogens (tertiary/aromatic N) is 1. The fourth-order valence-corrected chi connectivity index (χ4v) is 3.77. The van der Waals surface area contributed by atoms with Crippen LogP contribution in [0.5, 0.6) is 0 Å². The van der Waals surface area contributed by atoms with Gasteiger partial charge >= 0.3 is 5.76 Å². The van der Waals surface area contributed by atoms with Crippen LogP contribution in [0.2, 0.25) is 0 Å². The number of aromatic nitrogens is 1. The molecule has 4 heterocycles. The zero-order valence-electron chi connectivity index (χ0n) is 12.7. The lowest BCUT2D eigenvalue weighted by Crippen LogP contribution is -2.52. The zero-order chi connectivity index (χ0) is 16.0. The van der Waals surface area contributed by atoms with Crippen molar-refractivity contribution in [1.29, 1.82) is 0 Å². The number of aromatic amines is 1. The van der Waals surface area contributed by atoms with Gasteiger partial charge in [-0.3, -0.25) is 14.6 Å². The van der Waals surface area contributed by atoms with E-state index in [0.29, 0.717) is 32.2 Å². The van der Waals surface area contributed by atoms with Gasteiger partial charge in [-0.25, -0.2) is 4.79 Å². The van der Waals surface area contributed by atoms with Crippen molar-refractivity contribution in [2.24, 2.45) is 11.8 Å². The predicted octanol–water partition coefficient (Wildman–Crippen LogP) is -0.275. The first-order valence-electron chi connectivity index (χ1n) is 7.95. The highest BCUT2D eigenvalue weighted by Crippen LogP contribution is 2.48. The van der Waals surface area contributed by atoms with E-state index in [1.807, 2.05) is 0 Å². The van der Waals surface area contributed by atoms with Gasteiger partial charge in [0.25, 0.3) is 11.8 Å². The molecule has 8 nitrogen and oxygen atoms in total. The Hall–Kier alpha value is -2.09. The minimum atomic E-state index is -0.633. The monoisotopic (exact) mass is 321 g/mol. The summed E-state index contributed by atoms with van der Waals surface area (Å²) in [6.45, 7) is 2.40. The molecule has 0 radical (unpaired) electrons. The highest BCUT2D eigenvalue weighted by atomic mass is 16.5. The minimum absolute atomic E-state index is 0.0183. The molecule has 3 saturated heterocycles. The van der Waals surface area contributed by atoms with E-state index < -0.39 is 11.4 Å². The number of H-pyrrole nitrogens is 1. The maximum Gasteiger partial charge on any atom is 0.416 e. The van der Waals surface area contributed by atoms with Gasteiger partial charge in [0, 0.05) is 19.6 Å². The molecule has 2 bridgehead atoms. The third-order valence-corrected chi connectivity index (χ3v) is 5.12. The average Bonchev–Trinajstić information content (AvgIpc) is 3.26. The molecule has 5 rings (SSSR count). The quantitative estimate of drug-likeness (QED) is 0.794. The fourth-order valence-electron chi connectivity index (χ4n) is 3.77. The minimum Gasteiger partial charge on any atom is -0.416 e. The van der Waals surface area contributed by atoms with Gasteiger partial charge in [0.15, 0.2) is 0 Å². The Kier molecular flexibility index (Phi) is 3.29. The summed E-state index contributed by atoms with van der Waals surface area (Å²) >= 11 is 0. The topological polar surface area (TPSA) is 105 Å². The standard InChI is InChI=1S/C15H19N3O5/c19-12(11-8-22-14(21)17-11)18-2-1-9(6-18)5-16-13(20)15-3-10(4-15)7-23-15/h8-10H,1-7H2,(H,16,20)(H,17,21)/t9-,10?,15?/m1/s1. The fraction of sp³-hybridized carbons (Fsp3) is 0.667. The molecule has 1 atom stereocenters. The SMILES string of the molecule is O=C(c1coc(=O)[nH]1)N1CC[C@H](CNC(=O)C23CC(CO2)C3)C1. The molecule has 0 aromatic carbocycles. The lowest BCUT2D eigenvalue weighted by atomic mass is 9.74. The van der Waals surface area contributed by atoms with Crippen molar-refractivity contribution >= 4 is 11.8 Å². The number of amides is 2. The lowest BCUT2D eigenvalue weighted by Gasteiger charge is -2.34. The number of carbonyl (C=O) groups is 2. The first-order chi connectivity index (χ1) is 11.1. The van der Waals surface area contributed by atoms with Crippen molar-refractivity contribution in [3.63, 3.8) is 0 Å². The Labute approximate surface area is 132 Å². The molecule has 1 aliphatic carbocycles. The summed E-state index contributed by atoms with van der Waals surface area (Å²) in [4.78, 5) is 39.4. The predicted molar refractivity (Wildman–Crippen MR) is 77.8 cm³/mol. The maximum atomic E-state index is 12.2. The average molecular weight is 321 g/mol. The van der Waals surface area contributed by atoms with Crippen molar-refractivity contribution in [2.45, 2.75) is 24.9 Å².